The summed E-state index contributed by atoms with van der Waals surface area (Å²) in [5.74, 6) is 0.627. The van der Waals surface area contributed by atoms with Gasteiger partial charge in [-0.25, -0.2) is 9.78 Å². The average Bonchev–Trinajstić information content (AvgIpc) is 2.90. The normalized spacial score (nSPS) is 13.1. The highest BCUT2D eigenvalue weighted by molar-refractivity contribution is 7.11. The van der Waals surface area contributed by atoms with Crippen LogP contribution in [0.3, 0.4) is 0 Å². The van der Waals surface area contributed by atoms with E-state index in [0.29, 0.717) is 30.3 Å². The number of carbonyl (C=O) groups excluding carboxylic acids is 1. The number of hydrogen-bond acceptors (Lipinski definition) is 6. The van der Waals surface area contributed by atoms with Gasteiger partial charge in [0.2, 0.25) is 0 Å². The van der Waals surface area contributed by atoms with Crippen LogP contribution in [0.1, 0.15) is 20.2 Å². The van der Waals surface area contributed by atoms with Gasteiger partial charge in [-0.1, -0.05) is 6.07 Å². The molecular weight excluding hydrogens is 278 g/mol. The van der Waals surface area contributed by atoms with Crippen LogP contribution in [0, 0.1) is 6.92 Å². The molecule has 20 heavy (non-hydrogen) atoms. The molecule has 0 spiro atoms. The molecule has 1 aromatic heterocycles. The number of aryl methyl sites for hydroxylation is 1. The third-order valence-corrected chi connectivity index (χ3v) is 3.69. The quantitative estimate of drug-likeness (QED) is 0.813. The minimum absolute atomic E-state index is 0.217. The van der Waals surface area contributed by atoms with Crippen molar-refractivity contribution in [1.29, 1.82) is 0 Å². The molecule has 0 fully saturated rings. The Morgan fingerprint density at radius 3 is 3.05 bits per heavy atom. The Balaban J connectivity index is 1.74. The predicted molar refractivity (Wildman–Crippen MR) is 73.4 cm³/mol. The molecule has 0 saturated heterocycles. The summed E-state index contributed by atoms with van der Waals surface area (Å²) in [7, 11) is 0. The third-order valence-electron chi connectivity index (χ3n) is 2.80. The van der Waals surface area contributed by atoms with Gasteiger partial charge in [0, 0.05) is 6.20 Å². The summed E-state index contributed by atoms with van der Waals surface area (Å²) >= 11 is 1.51. The summed E-state index contributed by atoms with van der Waals surface area (Å²) in [5.41, 5.74) is 0.392. The molecule has 1 aromatic carbocycles. The maximum Gasteiger partial charge on any atom is 0.342 e. The summed E-state index contributed by atoms with van der Waals surface area (Å²) in [6.45, 7) is 3.06. The smallest absolute Gasteiger partial charge is 0.342 e. The molecule has 0 N–H and O–H groups in total. The molecule has 104 valence electrons. The molecule has 2 aromatic rings. The van der Waals surface area contributed by atoms with Crippen molar-refractivity contribution in [3.05, 3.63) is 39.8 Å². The van der Waals surface area contributed by atoms with E-state index in [0.717, 1.165) is 9.88 Å². The van der Waals surface area contributed by atoms with E-state index in [-0.39, 0.29) is 6.61 Å². The van der Waals surface area contributed by atoms with Crippen LogP contribution in [0.25, 0.3) is 0 Å². The summed E-state index contributed by atoms with van der Waals surface area (Å²) in [6, 6.07) is 5.20. The fourth-order valence-electron chi connectivity index (χ4n) is 1.92. The molecule has 5 nitrogen and oxygen atoms in total. The second-order valence-corrected chi connectivity index (χ2v) is 5.57. The van der Waals surface area contributed by atoms with Gasteiger partial charge in [-0.3, -0.25) is 0 Å². The van der Waals surface area contributed by atoms with Gasteiger partial charge >= 0.3 is 5.97 Å². The molecule has 6 heteroatoms. The zero-order valence-corrected chi connectivity index (χ0v) is 11.7. The van der Waals surface area contributed by atoms with Crippen LogP contribution in [-0.4, -0.2) is 24.2 Å². The molecule has 0 amide bonds. The number of hydrogen-bond donors (Lipinski definition) is 0. The minimum Gasteiger partial charge on any atom is -0.486 e. The fraction of sp³-hybridized carbons (Fsp3) is 0.286. The Labute approximate surface area is 120 Å². The number of ether oxygens (including phenoxy) is 3. The summed E-state index contributed by atoms with van der Waals surface area (Å²) in [5, 5.41) is 0.949. The lowest BCUT2D eigenvalue weighted by Gasteiger charge is -2.20. The van der Waals surface area contributed by atoms with Crippen molar-refractivity contribution in [2.75, 3.05) is 13.2 Å². The van der Waals surface area contributed by atoms with Gasteiger partial charge in [0.25, 0.3) is 0 Å². The molecule has 0 unspecified atom stereocenters. The van der Waals surface area contributed by atoms with E-state index < -0.39 is 5.97 Å². The van der Waals surface area contributed by atoms with Gasteiger partial charge in [-0.05, 0) is 19.1 Å². The summed E-state index contributed by atoms with van der Waals surface area (Å²) < 4.78 is 16.2. The fourth-order valence-corrected chi connectivity index (χ4v) is 2.63. The molecule has 0 bridgehead atoms. The minimum atomic E-state index is -0.418. The van der Waals surface area contributed by atoms with Crippen molar-refractivity contribution in [2.24, 2.45) is 0 Å². The maximum absolute atomic E-state index is 12.1. The van der Waals surface area contributed by atoms with Crippen LogP contribution in [0.15, 0.2) is 24.4 Å². The molecular formula is C14H13NO4S. The van der Waals surface area contributed by atoms with E-state index in [9.17, 15) is 4.79 Å². The van der Waals surface area contributed by atoms with Gasteiger partial charge in [0.15, 0.2) is 11.5 Å². The lowest BCUT2D eigenvalue weighted by atomic mass is 10.2. The lowest BCUT2D eigenvalue weighted by Crippen LogP contribution is -2.18. The third kappa shape index (κ3) is 2.60. The van der Waals surface area contributed by atoms with Gasteiger partial charge in [0.05, 0.1) is 9.88 Å². The molecule has 2 heterocycles. The van der Waals surface area contributed by atoms with Gasteiger partial charge in [0.1, 0.15) is 25.4 Å². The van der Waals surface area contributed by atoms with Gasteiger partial charge in [-0.15, -0.1) is 11.3 Å². The number of para-hydroxylation sites is 1. The Bertz CT molecular complexity index is 638. The van der Waals surface area contributed by atoms with E-state index in [1.165, 1.54) is 11.3 Å². The van der Waals surface area contributed by atoms with E-state index >= 15 is 0 Å². The van der Waals surface area contributed by atoms with E-state index in [4.69, 9.17) is 14.2 Å². The number of nitrogens with zero attached hydrogens (tertiary/aromatic N) is 1. The second kappa shape index (κ2) is 5.50. The number of rotatable bonds is 3. The van der Waals surface area contributed by atoms with Crippen molar-refractivity contribution in [1.82, 2.24) is 4.98 Å². The van der Waals surface area contributed by atoms with Gasteiger partial charge < -0.3 is 14.2 Å². The number of benzene rings is 1. The lowest BCUT2D eigenvalue weighted by molar-refractivity contribution is 0.0467. The zero-order chi connectivity index (χ0) is 13.9. The van der Waals surface area contributed by atoms with E-state index in [1.54, 1.807) is 24.4 Å². The van der Waals surface area contributed by atoms with Crippen LogP contribution >= 0.6 is 11.3 Å². The molecule has 0 saturated carbocycles. The van der Waals surface area contributed by atoms with Crippen LogP contribution in [0.5, 0.6) is 11.5 Å². The van der Waals surface area contributed by atoms with Crippen molar-refractivity contribution in [2.45, 2.75) is 13.5 Å². The molecule has 0 aliphatic carbocycles. The first kappa shape index (κ1) is 12.9. The second-order valence-electron chi connectivity index (χ2n) is 4.25. The summed E-state index contributed by atoms with van der Waals surface area (Å²) in [4.78, 5) is 17.2. The first-order chi connectivity index (χ1) is 9.74. The van der Waals surface area contributed by atoms with Crippen molar-refractivity contribution < 1.29 is 19.0 Å². The molecule has 1 aliphatic heterocycles. The molecule has 1 aliphatic rings. The Morgan fingerprint density at radius 1 is 1.40 bits per heavy atom. The zero-order valence-electron chi connectivity index (χ0n) is 10.9. The Hall–Kier alpha value is -2.08. The number of aromatic nitrogens is 1. The van der Waals surface area contributed by atoms with E-state index in [1.807, 2.05) is 6.92 Å². The molecule has 3 rings (SSSR count). The highest BCUT2D eigenvalue weighted by Crippen LogP contribution is 2.34. The van der Waals surface area contributed by atoms with Crippen LogP contribution in [-0.2, 0) is 11.3 Å². The first-order valence-electron chi connectivity index (χ1n) is 6.21. The Morgan fingerprint density at radius 2 is 2.25 bits per heavy atom. The predicted octanol–water partition coefficient (Wildman–Crippen LogP) is 2.58. The van der Waals surface area contributed by atoms with Crippen LogP contribution < -0.4 is 9.47 Å². The monoisotopic (exact) mass is 291 g/mol. The molecule has 0 radical (unpaired) electrons. The SMILES string of the molecule is Cc1ncc(COC(=O)c2cccc3c2OCCO3)s1. The van der Waals surface area contributed by atoms with Crippen LogP contribution in [0.4, 0.5) is 0 Å². The van der Waals surface area contributed by atoms with Crippen molar-refractivity contribution in [3.8, 4) is 11.5 Å². The molecule has 0 atom stereocenters. The van der Waals surface area contributed by atoms with Crippen molar-refractivity contribution in [3.63, 3.8) is 0 Å². The highest BCUT2D eigenvalue weighted by atomic mass is 32.1. The van der Waals surface area contributed by atoms with Crippen LogP contribution in [0.2, 0.25) is 0 Å². The number of fused-ring (bicyclic) bond motifs is 1. The number of thiazole rings is 1. The highest BCUT2D eigenvalue weighted by Gasteiger charge is 2.21. The first-order valence-corrected chi connectivity index (χ1v) is 7.03. The van der Waals surface area contributed by atoms with Crippen molar-refractivity contribution >= 4 is 17.3 Å². The standard InChI is InChI=1S/C14H13NO4S/c1-9-15-7-10(20-9)8-19-14(16)11-3-2-4-12-13(11)18-6-5-17-12/h2-4,7H,5-6,8H2,1H3. The average molecular weight is 291 g/mol. The summed E-state index contributed by atoms with van der Waals surface area (Å²) in [6.07, 6.45) is 1.72. The van der Waals surface area contributed by atoms with E-state index in [2.05, 4.69) is 4.98 Å². The number of carbonyl (C=O) groups is 1. The number of esters is 1. The largest absolute Gasteiger partial charge is 0.486 e. The topological polar surface area (TPSA) is 57.7 Å². The Kier molecular flexibility index (Phi) is 3.56. The van der Waals surface area contributed by atoms with Gasteiger partial charge in [-0.2, -0.15) is 0 Å². The maximum atomic E-state index is 12.1.